The number of nitrogens with one attached hydrogen (secondary N) is 1. The Morgan fingerprint density at radius 3 is 2.50 bits per heavy atom. The number of ether oxygens (including phenoxy) is 1. The van der Waals surface area contributed by atoms with Crippen molar-refractivity contribution in [1.29, 1.82) is 0 Å². The predicted molar refractivity (Wildman–Crippen MR) is 147 cm³/mol. The number of benzene rings is 3. The largest absolute Gasteiger partial charge is 0.497 e. The number of rotatable bonds is 8. The van der Waals surface area contributed by atoms with E-state index in [1.807, 2.05) is 60.0 Å². The third-order valence-corrected chi connectivity index (χ3v) is 7.71. The van der Waals surface area contributed by atoms with Crippen molar-refractivity contribution in [2.24, 2.45) is 0 Å². The second kappa shape index (κ2) is 10.5. The average Bonchev–Trinajstić information content (AvgIpc) is 3.51. The fourth-order valence-electron chi connectivity index (χ4n) is 3.81. The third kappa shape index (κ3) is 5.12. The van der Waals surface area contributed by atoms with Crippen molar-refractivity contribution in [3.8, 4) is 27.7 Å². The standard InChI is InChI=1S/C27H25N5O2S2/c1-4-32-25(18-8-12-21(34-3)13-9-18)30-31-27(32)35-16-24(33)28-20-10-6-19(7-11-20)26-29-22-14-5-17(2)15-23(22)36-26/h5-15H,4,16H2,1-3H3,(H,28,33). The third-order valence-electron chi connectivity index (χ3n) is 5.67. The maximum atomic E-state index is 12.6. The number of hydrogen-bond acceptors (Lipinski definition) is 7. The summed E-state index contributed by atoms with van der Waals surface area (Å²) in [5.41, 5.74) is 4.96. The van der Waals surface area contributed by atoms with Gasteiger partial charge in [0.15, 0.2) is 11.0 Å². The lowest BCUT2D eigenvalue weighted by Crippen LogP contribution is -2.14. The average molecular weight is 516 g/mol. The molecule has 182 valence electrons. The van der Waals surface area contributed by atoms with Gasteiger partial charge in [-0.3, -0.25) is 4.79 Å². The van der Waals surface area contributed by atoms with Crippen molar-refractivity contribution in [2.75, 3.05) is 18.2 Å². The number of anilines is 1. The highest BCUT2D eigenvalue weighted by molar-refractivity contribution is 7.99. The van der Waals surface area contributed by atoms with E-state index < -0.39 is 0 Å². The van der Waals surface area contributed by atoms with Crippen LogP contribution >= 0.6 is 23.1 Å². The van der Waals surface area contributed by atoms with Crippen LogP contribution in [0.15, 0.2) is 71.9 Å². The van der Waals surface area contributed by atoms with E-state index in [2.05, 4.69) is 40.6 Å². The topological polar surface area (TPSA) is 81.9 Å². The van der Waals surface area contributed by atoms with Gasteiger partial charge in [-0.05, 0) is 80.1 Å². The Hall–Kier alpha value is -3.69. The minimum Gasteiger partial charge on any atom is -0.497 e. The molecule has 9 heteroatoms. The van der Waals surface area contributed by atoms with Gasteiger partial charge in [0.25, 0.3) is 0 Å². The van der Waals surface area contributed by atoms with Crippen LogP contribution in [0.3, 0.4) is 0 Å². The van der Waals surface area contributed by atoms with Gasteiger partial charge in [-0.2, -0.15) is 0 Å². The number of fused-ring (bicyclic) bond motifs is 1. The highest BCUT2D eigenvalue weighted by atomic mass is 32.2. The van der Waals surface area contributed by atoms with Crippen LogP contribution in [0.25, 0.3) is 32.2 Å². The van der Waals surface area contributed by atoms with Gasteiger partial charge in [0.1, 0.15) is 10.8 Å². The molecule has 2 aromatic heterocycles. The molecule has 5 aromatic rings. The normalized spacial score (nSPS) is 11.1. The van der Waals surface area contributed by atoms with Crippen molar-refractivity contribution in [2.45, 2.75) is 25.5 Å². The lowest BCUT2D eigenvalue weighted by Gasteiger charge is -2.08. The zero-order valence-corrected chi connectivity index (χ0v) is 21.8. The Morgan fingerprint density at radius 1 is 1.03 bits per heavy atom. The zero-order valence-electron chi connectivity index (χ0n) is 20.2. The first kappa shape index (κ1) is 24.0. The number of carbonyl (C=O) groups is 1. The summed E-state index contributed by atoms with van der Waals surface area (Å²) < 4.78 is 8.42. The highest BCUT2D eigenvalue weighted by Gasteiger charge is 2.15. The molecule has 0 unspecified atom stereocenters. The van der Waals surface area contributed by atoms with Gasteiger partial charge >= 0.3 is 0 Å². The summed E-state index contributed by atoms with van der Waals surface area (Å²) in [6, 6.07) is 21.8. The van der Waals surface area contributed by atoms with Gasteiger partial charge in [0.05, 0.1) is 23.1 Å². The summed E-state index contributed by atoms with van der Waals surface area (Å²) in [5, 5.41) is 13.3. The van der Waals surface area contributed by atoms with Crippen molar-refractivity contribution in [3.05, 3.63) is 72.3 Å². The molecule has 0 spiro atoms. The molecule has 2 heterocycles. The number of amides is 1. The van der Waals surface area contributed by atoms with Crippen LogP contribution in [-0.2, 0) is 11.3 Å². The van der Waals surface area contributed by atoms with Gasteiger partial charge in [-0.15, -0.1) is 21.5 Å². The Balaban J connectivity index is 1.22. The maximum absolute atomic E-state index is 12.6. The van der Waals surface area contributed by atoms with E-state index >= 15 is 0 Å². The summed E-state index contributed by atoms with van der Waals surface area (Å²) in [4.78, 5) is 17.4. The van der Waals surface area contributed by atoms with E-state index in [0.29, 0.717) is 11.7 Å². The van der Waals surface area contributed by atoms with Crippen LogP contribution in [0.1, 0.15) is 12.5 Å². The Labute approximate surface area is 217 Å². The predicted octanol–water partition coefficient (Wildman–Crippen LogP) is 6.29. The van der Waals surface area contributed by atoms with E-state index in [1.165, 1.54) is 22.0 Å². The lowest BCUT2D eigenvalue weighted by molar-refractivity contribution is -0.113. The second-order valence-electron chi connectivity index (χ2n) is 8.18. The number of nitrogens with zero attached hydrogens (tertiary/aromatic N) is 4. The van der Waals surface area contributed by atoms with Crippen LogP contribution < -0.4 is 10.1 Å². The van der Waals surface area contributed by atoms with Crippen LogP contribution in [0.4, 0.5) is 5.69 Å². The number of aromatic nitrogens is 4. The van der Waals surface area contributed by atoms with Crippen molar-refractivity contribution < 1.29 is 9.53 Å². The molecule has 5 rings (SSSR count). The van der Waals surface area contributed by atoms with Crippen LogP contribution in [-0.4, -0.2) is 38.5 Å². The Morgan fingerprint density at radius 2 is 1.78 bits per heavy atom. The van der Waals surface area contributed by atoms with E-state index in [1.54, 1.807) is 18.4 Å². The number of carbonyl (C=O) groups excluding carboxylic acids is 1. The van der Waals surface area contributed by atoms with E-state index in [0.717, 1.165) is 38.9 Å². The van der Waals surface area contributed by atoms with Crippen LogP contribution in [0.5, 0.6) is 5.75 Å². The van der Waals surface area contributed by atoms with Gasteiger partial charge in [-0.1, -0.05) is 17.8 Å². The van der Waals surface area contributed by atoms with Gasteiger partial charge in [-0.25, -0.2) is 4.98 Å². The second-order valence-corrected chi connectivity index (χ2v) is 10.2. The number of methoxy groups -OCH3 is 1. The van der Waals surface area contributed by atoms with Crippen LogP contribution in [0.2, 0.25) is 0 Å². The highest BCUT2D eigenvalue weighted by Crippen LogP contribution is 2.31. The molecule has 1 amide bonds. The number of thioether (sulfide) groups is 1. The molecule has 7 nitrogen and oxygen atoms in total. The summed E-state index contributed by atoms with van der Waals surface area (Å²) in [6.45, 7) is 4.82. The molecule has 0 saturated heterocycles. The SMILES string of the molecule is CCn1c(SCC(=O)Nc2ccc(-c3nc4ccc(C)cc4s3)cc2)nnc1-c1ccc(OC)cc1. The summed E-state index contributed by atoms with van der Waals surface area (Å²) in [7, 11) is 1.64. The van der Waals surface area contributed by atoms with Crippen molar-refractivity contribution in [1.82, 2.24) is 19.7 Å². The molecule has 0 radical (unpaired) electrons. The molecule has 36 heavy (non-hydrogen) atoms. The number of thiazole rings is 1. The first-order valence-electron chi connectivity index (χ1n) is 11.5. The number of aryl methyl sites for hydroxylation is 1. The zero-order chi connectivity index (χ0) is 25.1. The van der Waals surface area contributed by atoms with Gasteiger partial charge < -0.3 is 14.6 Å². The minimum absolute atomic E-state index is 0.0973. The monoisotopic (exact) mass is 515 g/mol. The van der Waals surface area contributed by atoms with E-state index in [9.17, 15) is 4.79 Å². The van der Waals surface area contributed by atoms with Crippen LogP contribution in [0, 0.1) is 6.92 Å². The van der Waals surface area contributed by atoms with Gasteiger partial charge in [0, 0.05) is 23.4 Å². The first-order valence-corrected chi connectivity index (χ1v) is 13.3. The first-order chi connectivity index (χ1) is 17.5. The molecule has 0 fully saturated rings. The van der Waals surface area contributed by atoms with E-state index in [-0.39, 0.29) is 11.7 Å². The summed E-state index contributed by atoms with van der Waals surface area (Å²) in [5.74, 6) is 1.69. The molecule has 3 aromatic carbocycles. The maximum Gasteiger partial charge on any atom is 0.234 e. The molecule has 1 N–H and O–H groups in total. The Bertz CT molecular complexity index is 1510. The lowest BCUT2D eigenvalue weighted by atomic mass is 10.2. The molecule has 0 atom stereocenters. The molecule has 0 bridgehead atoms. The Kier molecular flexibility index (Phi) is 7.02. The minimum atomic E-state index is -0.0973. The number of hydrogen-bond donors (Lipinski definition) is 1. The molecule has 0 aliphatic carbocycles. The molecule has 0 aliphatic rings. The summed E-state index contributed by atoms with van der Waals surface area (Å²) >= 11 is 3.04. The molecular weight excluding hydrogens is 490 g/mol. The smallest absolute Gasteiger partial charge is 0.234 e. The molecular formula is C27H25N5O2S2. The fraction of sp³-hybridized carbons (Fsp3) is 0.185. The summed E-state index contributed by atoms with van der Waals surface area (Å²) in [6.07, 6.45) is 0. The molecule has 0 aliphatic heterocycles. The fourth-order valence-corrected chi connectivity index (χ4v) is 5.68. The van der Waals surface area contributed by atoms with E-state index in [4.69, 9.17) is 9.72 Å². The quantitative estimate of drug-likeness (QED) is 0.245. The van der Waals surface area contributed by atoms with Crippen molar-refractivity contribution in [3.63, 3.8) is 0 Å². The van der Waals surface area contributed by atoms with Gasteiger partial charge in [0.2, 0.25) is 5.91 Å². The molecule has 0 saturated carbocycles. The van der Waals surface area contributed by atoms with Crippen molar-refractivity contribution >= 4 is 44.9 Å².